The van der Waals surface area contributed by atoms with E-state index >= 15 is 0 Å². The number of hydrogen-bond acceptors (Lipinski definition) is 2. The van der Waals surface area contributed by atoms with E-state index in [4.69, 9.17) is 9.84 Å². The van der Waals surface area contributed by atoms with E-state index in [9.17, 15) is 0 Å². The van der Waals surface area contributed by atoms with Crippen LogP contribution in [0.25, 0.3) is 0 Å². The Morgan fingerprint density at radius 2 is 1.04 bits per heavy atom. The topological polar surface area (TPSA) is 29.5 Å². The maximum atomic E-state index is 8.79. The Balaban J connectivity index is 3.12. The quantitative estimate of drug-likeness (QED) is 0.240. The summed E-state index contributed by atoms with van der Waals surface area (Å²) in [7, 11) is 0. The van der Waals surface area contributed by atoms with Gasteiger partial charge < -0.3 is 9.84 Å². The van der Waals surface area contributed by atoms with E-state index in [0.29, 0.717) is 12.7 Å². The molecule has 0 aromatic heterocycles. The molecule has 24 heavy (non-hydrogen) atoms. The molecular formula is C22H46O2. The van der Waals surface area contributed by atoms with Gasteiger partial charge in [0, 0.05) is 0 Å². The predicted molar refractivity (Wildman–Crippen MR) is 107 cm³/mol. The Bertz CT molecular complexity index is 218. The largest absolute Gasteiger partial charge is 0.394 e. The van der Waals surface area contributed by atoms with E-state index in [1.165, 1.54) is 96.3 Å². The lowest BCUT2D eigenvalue weighted by Gasteiger charge is -2.15. The van der Waals surface area contributed by atoms with E-state index in [2.05, 4.69) is 13.8 Å². The molecule has 0 aliphatic rings. The fourth-order valence-corrected chi connectivity index (χ4v) is 3.37. The Hall–Kier alpha value is -0.0800. The summed E-state index contributed by atoms with van der Waals surface area (Å²) in [6.07, 6.45) is 23.8. The molecule has 1 N–H and O–H groups in total. The first-order valence-corrected chi connectivity index (χ1v) is 11.1. The summed E-state index contributed by atoms with van der Waals surface area (Å²) in [5, 5.41) is 8.79. The third-order valence-electron chi connectivity index (χ3n) is 5.03. The van der Waals surface area contributed by atoms with E-state index in [0.717, 1.165) is 12.8 Å². The molecule has 0 radical (unpaired) electrons. The van der Waals surface area contributed by atoms with Gasteiger partial charge in [-0.05, 0) is 12.8 Å². The Morgan fingerprint density at radius 3 is 1.42 bits per heavy atom. The molecule has 0 bridgehead atoms. The zero-order valence-electron chi connectivity index (χ0n) is 16.9. The van der Waals surface area contributed by atoms with Gasteiger partial charge in [0.05, 0.1) is 19.3 Å². The SMILES string of the molecule is CCCCCCCCCCCCCCCCCC(CC)OCCO. The maximum absolute atomic E-state index is 8.79. The second kappa shape index (κ2) is 21.0. The molecule has 0 amide bonds. The van der Waals surface area contributed by atoms with Gasteiger partial charge in [0.15, 0.2) is 0 Å². The molecule has 0 saturated heterocycles. The van der Waals surface area contributed by atoms with E-state index in [1.807, 2.05) is 0 Å². The molecule has 0 spiro atoms. The Labute approximate surface area is 152 Å². The highest BCUT2D eigenvalue weighted by atomic mass is 16.5. The van der Waals surface area contributed by atoms with Crippen LogP contribution in [0.3, 0.4) is 0 Å². The molecule has 0 aromatic carbocycles. The minimum Gasteiger partial charge on any atom is -0.394 e. The number of aliphatic hydroxyl groups is 1. The third kappa shape index (κ3) is 18.3. The minimum atomic E-state index is 0.148. The summed E-state index contributed by atoms with van der Waals surface area (Å²) in [5.74, 6) is 0. The van der Waals surface area contributed by atoms with Gasteiger partial charge in [-0.25, -0.2) is 0 Å². The molecule has 0 aliphatic carbocycles. The third-order valence-corrected chi connectivity index (χ3v) is 5.03. The Morgan fingerprint density at radius 1 is 0.625 bits per heavy atom. The van der Waals surface area contributed by atoms with Crippen LogP contribution in [0, 0.1) is 0 Å². The zero-order chi connectivity index (χ0) is 17.7. The smallest absolute Gasteiger partial charge is 0.0701 e. The maximum Gasteiger partial charge on any atom is 0.0701 e. The van der Waals surface area contributed by atoms with Gasteiger partial charge in [-0.15, -0.1) is 0 Å². The standard InChI is InChI=1S/C22H46O2/c1-3-5-6-7-8-9-10-11-12-13-14-15-16-17-18-19-22(4-2)24-21-20-23/h22-23H,3-21H2,1-2H3. The van der Waals surface area contributed by atoms with Crippen molar-refractivity contribution < 1.29 is 9.84 Å². The zero-order valence-corrected chi connectivity index (χ0v) is 16.9. The van der Waals surface area contributed by atoms with Gasteiger partial charge in [-0.2, -0.15) is 0 Å². The number of ether oxygens (including phenoxy) is 1. The normalized spacial score (nSPS) is 12.6. The monoisotopic (exact) mass is 342 g/mol. The number of aliphatic hydroxyl groups excluding tert-OH is 1. The lowest BCUT2D eigenvalue weighted by atomic mass is 10.0. The van der Waals surface area contributed by atoms with Gasteiger partial charge >= 0.3 is 0 Å². The first kappa shape index (κ1) is 23.9. The molecule has 0 aliphatic heterocycles. The van der Waals surface area contributed by atoms with Crippen molar-refractivity contribution in [1.82, 2.24) is 0 Å². The molecule has 1 unspecified atom stereocenters. The van der Waals surface area contributed by atoms with Gasteiger partial charge in [0.25, 0.3) is 0 Å². The Kier molecular flexibility index (Phi) is 20.9. The van der Waals surface area contributed by atoms with Gasteiger partial charge in [0.1, 0.15) is 0 Å². The summed E-state index contributed by atoms with van der Waals surface area (Å²) in [4.78, 5) is 0. The second-order valence-corrected chi connectivity index (χ2v) is 7.36. The fraction of sp³-hybridized carbons (Fsp3) is 1.00. The average molecular weight is 343 g/mol. The summed E-state index contributed by atoms with van der Waals surface area (Å²) in [6.45, 7) is 5.11. The number of rotatable bonds is 20. The van der Waals surface area contributed by atoms with Crippen LogP contribution in [0.15, 0.2) is 0 Å². The van der Waals surface area contributed by atoms with E-state index in [1.54, 1.807) is 0 Å². The molecule has 0 aromatic rings. The van der Waals surface area contributed by atoms with Crippen molar-refractivity contribution in [3.63, 3.8) is 0 Å². The van der Waals surface area contributed by atoms with Crippen LogP contribution < -0.4 is 0 Å². The second-order valence-electron chi connectivity index (χ2n) is 7.36. The highest BCUT2D eigenvalue weighted by Gasteiger charge is 2.05. The lowest BCUT2D eigenvalue weighted by molar-refractivity contribution is 0.0208. The number of unbranched alkanes of at least 4 members (excludes halogenated alkanes) is 14. The van der Waals surface area contributed by atoms with Crippen LogP contribution in [-0.2, 0) is 4.74 Å². The summed E-state index contributed by atoms with van der Waals surface area (Å²) < 4.78 is 5.61. The lowest BCUT2D eigenvalue weighted by Crippen LogP contribution is -2.14. The van der Waals surface area contributed by atoms with Crippen LogP contribution in [-0.4, -0.2) is 24.4 Å². The summed E-state index contributed by atoms with van der Waals surface area (Å²) in [5.41, 5.74) is 0. The van der Waals surface area contributed by atoms with Crippen LogP contribution in [0.1, 0.15) is 123 Å². The summed E-state index contributed by atoms with van der Waals surface area (Å²) >= 11 is 0. The molecule has 2 nitrogen and oxygen atoms in total. The fourth-order valence-electron chi connectivity index (χ4n) is 3.37. The van der Waals surface area contributed by atoms with Crippen molar-refractivity contribution in [3.8, 4) is 0 Å². The number of hydrogen-bond donors (Lipinski definition) is 1. The van der Waals surface area contributed by atoms with Crippen molar-refractivity contribution >= 4 is 0 Å². The first-order valence-electron chi connectivity index (χ1n) is 11.1. The molecular weight excluding hydrogens is 296 g/mol. The van der Waals surface area contributed by atoms with Crippen molar-refractivity contribution in [2.24, 2.45) is 0 Å². The molecule has 0 heterocycles. The molecule has 1 atom stereocenters. The first-order chi connectivity index (χ1) is 11.8. The van der Waals surface area contributed by atoms with Gasteiger partial charge in [-0.3, -0.25) is 0 Å². The van der Waals surface area contributed by atoms with E-state index < -0.39 is 0 Å². The predicted octanol–water partition coefficient (Wildman–Crippen LogP) is 7.04. The molecule has 146 valence electrons. The highest BCUT2D eigenvalue weighted by molar-refractivity contribution is 4.56. The van der Waals surface area contributed by atoms with Crippen molar-refractivity contribution in [1.29, 1.82) is 0 Å². The van der Waals surface area contributed by atoms with Crippen LogP contribution >= 0.6 is 0 Å². The van der Waals surface area contributed by atoms with Crippen LogP contribution in [0.5, 0.6) is 0 Å². The summed E-state index contributed by atoms with van der Waals surface area (Å²) in [6, 6.07) is 0. The van der Waals surface area contributed by atoms with Crippen LogP contribution in [0.2, 0.25) is 0 Å². The highest BCUT2D eigenvalue weighted by Crippen LogP contribution is 2.15. The van der Waals surface area contributed by atoms with Gasteiger partial charge in [0.2, 0.25) is 0 Å². The van der Waals surface area contributed by atoms with Crippen molar-refractivity contribution in [2.45, 2.75) is 129 Å². The molecule has 0 saturated carbocycles. The molecule has 2 heteroatoms. The molecule has 0 fully saturated rings. The minimum absolute atomic E-state index is 0.148. The van der Waals surface area contributed by atoms with E-state index in [-0.39, 0.29) is 6.61 Å². The molecule has 0 rings (SSSR count). The van der Waals surface area contributed by atoms with Crippen LogP contribution in [0.4, 0.5) is 0 Å². The van der Waals surface area contributed by atoms with Crippen molar-refractivity contribution in [2.75, 3.05) is 13.2 Å². The van der Waals surface area contributed by atoms with Crippen molar-refractivity contribution in [3.05, 3.63) is 0 Å². The average Bonchev–Trinajstić information content (AvgIpc) is 2.61. The van der Waals surface area contributed by atoms with Gasteiger partial charge in [-0.1, -0.05) is 110 Å².